The summed E-state index contributed by atoms with van der Waals surface area (Å²) < 4.78 is 28.3. The van der Waals surface area contributed by atoms with E-state index in [4.69, 9.17) is 9.47 Å². The van der Waals surface area contributed by atoms with E-state index in [-0.39, 0.29) is 19.0 Å². The molecule has 25 heavy (non-hydrogen) atoms. The highest BCUT2D eigenvalue weighted by atomic mass is 31.1. The molecule has 1 heterocycles. The zero-order valence-electron chi connectivity index (χ0n) is 14.3. The second kappa shape index (κ2) is 10.8. The van der Waals surface area contributed by atoms with Crippen molar-refractivity contribution in [2.45, 2.75) is 32.6 Å². The summed E-state index contributed by atoms with van der Waals surface area (Å²) in [4.78, 5) is 36.4. The molecule has 0 aliphatic carbocycles. The summed E-state index contributed by atoms with van der Waals surface area (Å²) in [5.74, 6) is 1.20. The van der Waals surface area contributed by atoms with Gasteiger partial charge >= 0.3 is 13.7 Å². The molecule has 1 rings (SSSR count). The number of ether oxygens (including phenoxy) is 2. The zero-order chi connectivity index (χ0) is 18.8. The summed E-state index contributed by atoms with van der Waals surface area (Å²) in [5, 5.41) is 0. The van der Waals surface area contributed by atoms with Gasteiger partial charge in [-0.2, -0.15) is 0 Å². The van der Waals surface area contributed by atoms with E-state index in [1.54, 1.807) is 6.08 Å². The summed E-state index contributed by atoms with van der Waals surface area (Å²) in [7, 11) is -0.606. The van der Waals surface area contributed by atoms with Crippen LogP contribution >= 0.6 is 8.03 Å². The van der Waals surface area contributed by atoms with Crippen LogP contribution in [-0.2, 0) is 23.4 Å². The number of nitrogens with one attached hydrogen (secondary N) is 1. The maximum absolute atomic E-state index is 12.0. The van der Waals surface area contributed by atoms with Gasteiger partial charge in [-0.3, -0.25) is 19.1 Å². The van der Waals surface area contributed by atoms with Crippen LogP contribution in [0.2, 0.25) is 0 Å². The summed E-state index contributed by atoms with van der Waals surface area (Å²) in [5.41, 5.74) is -1.19. The molecule has 1 aromatic rings. The van der Waals surface area contributed by atoms with Crippen LogP contribution in [0.1, 0.15) is 26.5 Å². The van der Waals surface area contributed by atoms with E-state index < -0.39 is 31.6 Å². The van der Waals surface area contributed by atoms with Gasteiger partial charge in [0.25, 0.3) is 5.56 Å². The van der Waals surface area contributed by atoms with Gasteiger partial charge in [-0.05, 0) is 24.0 Å². The minimum atomic E-state index is -1.93. The van der Waals surface area contributed by atoms with Crippen LogP contribution in [0.4, 0.5) is 0 Å². The summed E-state index contributed by atoms with van der Waals surface area (Å²) in [6.45, 7) is 3.02. The number of hydrogen-bond acceptors (Lipinski definition) is 7. The molecule has 0 fully saturated rings. The molecule has 0 bridgehead atoms. The second-order valence-electron chi connectivity index (χ2n) is 5.08. The number of Topliss-reactive ketones (excluding diaryl/α,β-unsaturated/α-hetero) is 1. The summed E-state index contributed by atoms with van der Waals surface area (Å²) in [6.07, 6.45) is 2.04. The standard InChI is InChI=1S/C15H21N2O7P/c1-4-12(6-8-25(21)22-3)24-14(10-23-9-11(2)18)17-7-5-13(19)16-15(17)20/h5-8,12,14H,4,9-10H2,1-3H3/p+1/b8-6+/t12-,14+/m0/s1. The maximum atomic E-state index is 12.0. The molecule has 0 aromatic carbocycles. The van der Waals surface area contributed by atoms with Crippen molar-refractivity contribution in [2.24, 2.45) is 0 Å². The van der Waals surface area contributed by atoms with Crippen LogP contribution in [0.15, 0.2) is 33.7 Å². The number of hydrogen-bond donors (Lipinski definition) is 1. The van der Waals surface area contributed by atoms with E-state index in [1.165, 1.54) is 32.1 Å². The minimum Gasteiger partial charge on any atom is -0.369 e. The molecule has 0 radical (unpaired) electrons. The Morgan fingerprint density at radius 1 is 1.44 bits per heavy atom. The number of carbonyl (C=O) groups excluding carboxylic acids is 1. The molecule has 0 aliphatic heterocycles. The lowest BCUT2D eigenvalue weighted by atomic mass is 10.3. The third-order valence-corrected chi connectivity index (χ3v) is 3.84. The quantitative estimate of drug-likeness (QED) is 0.582. The number of carbonyl (C=O) groups is 1. The van der Waals surface area contributed by atoms with Gasteiger partial charge in [-0.15, -0.1) is 4.52 Å². The van der Waals surface area contributed by atoms with E-state index in [9.17, 15) is 18.9 Å². The van der Waals surface area contributed by atoms with Crippen LogP contribution in [0.25, 0.3) is 0 Å². The van der Waals surface area contributed by atoms with Crippen LogP contribution in [0, 0.1) is 0 Å². The number of aromatic nitrogens is 2. The van der Waals surface area contributed by atoms with Crippen molar-refractivity contribution in [1.29, 1.82) is 0 Å². The number of aromatic amines is 1. The van der Waals surface area contributed by atoms with E-state index in [1.807, 2.05) is 6.92 Å². The first kappa shape index (κ1) is 21.1. The van der Waals surface area contributed by atoms with E-state index in [0.29, 0.717) is 6.42 Å². The highest BCUT2D eigenvalue weighted by Gasteiger charge is 2.19. The molecule has 10 heteroatoms. The Balaban J connectivity index is 2.98. The summed E-state index contributed by atoms with van der Waals surface area (Å²) in [6, 6.07) is 1.18. The molecule has 1 aromatic heterocycles. The van der Waals surface area contributed by atoms with Crippen LogP contribution < -0.4 is 11.2 Å². The van der Waals surface area contributed by atoms with E-state index in [2.05, 4.69) is 9.51 Å². The molecule has 9 nitrogen and oxygen atoms in total. The van der Waals surface area contributed by atoms with Gasteiger partial charge in [-0.1, -0.05) is 6.92 Å². The SMILES string of the molecule is CC[C@@H](/C=C/[P+](=O)OC)O[C@H](COCC(C)=O)n1ccc(=O)[nH]c1=O. The fraction of sp³-hybridized carbons (Fsp3) is 0.533. The first-order valence-corrected chi connectivity index (χ1v) is 8.85. The van der Waals surface area contributed by atoms with Crippen LogP contribution in [-0.4, -0.2) is 41.8 Å². The van der Waals surface area contributed by atoms with Crippen LogP contribution in [0.3, 0.4) is 0 Å². The van der Waals surface area contributed by atoms with Gasteiger partial charge < -0.3 is 9.47 Å². The normalized spacial score (nSPS) is 14.4. The summed E-state index contributed by atoms with van der Waals surface area (Å²) >= 11 is 0. The Morgan fingerprint density at radius 2 is 2.16 bits per heavy atom. The van der Waals surface area contributed by atoms with Crippen molar-refractivity contribution >= 4 is 13.8 Å². The fourth-order valence-corrected chi connectivity index (χ4v) is 2.30. The number of H-pyrrole nitrogens is 1. The molecular weight excluding hydrogens is 351 g/mol. The van der Waals surface area contributed by atoms with Gasteiger partial charge in [0.05, 0.1) is 19.8 Å². The smallest absolute Gasteiger partial charge is 0.369 e. The monoisotopic (exact) mass is 373 g/mol. The van der Waals surface area contributed by atoms with Crippen molar-refractivity contribution in [3.05, 3.63) is 45.0 Å². The first-order chi connectivity index (χ1) is 11.9. The molecule has 3 atom stereocenters. The van der Waals surface area contributed by atoms with E-state index >= 15 is 0 Å². The van der Waals surface area contributed by atoms with E-state index in [0.717, 1.165) is 4.57 Å². The predicted octanol–water partition coefficient (Wildman–Crippen LogP) is 1.34. The lowest BCUT2D eigenvalue weighted by Gasteiger charge is -2.23. The predicted molar refractivity (Wildman–Crippen MR) is 90.8 cm³/mol. The molecule has 0 saturated heterocycles. The Hall–Kier alpha value is -1.93. The highest BCUT2D eigenvalue weighted by molar-refractivity contribution is 7.42. The number of ketones is 1. The molecule has 0 saturated carbocycles. The first-order valence-electron chi connectivity index (χ1n) is 7.60. The average molecular weight is 373 g/mol. The van der Waals surface area contributed by atoms with Crippen molar-refractivity contribution in [2.75, 3.05) is 20.3 Å². The molecular formula is C15H22N2O7P+. The van der Waals surface area contributed by atoms with Gasteiger partial charge in [-0.25, -0.2) is 4.79 Å². The zero-order valence-corrected chi connectivity index (χ0v) is 15.2. The van der Waals surface area contributed by atoms with Crippen molar-refractivity contribution in [3.63, 3.8) is 0 Å². The van der Waals surface area contributed by atoms with Gasteiger partial charge in [0.15, 0.2) is 17.8 Å². The lowest BCUT2D eigenvalue weighted by molar-refractivity contribution is -0.126. The Morgan fingerprint density at radius 3 is 2.72 bits per heavy atom. The maximum Gasteiger partial charge on any atom is 0.540 e. The van der Waals surface area contributed by atoms with Crippen molar-refractivity contribution < 1.29 is 23.4 Å². The molecule has 0 spiro atoms. The number of rotatable bonds is 11. The molecule has 1 unspecified atom stereocenters. The van der Waals surface area contributed by atoms with Crippen molar-refractivity contribution in [3.8, 4) is 0 Å². The van der Waals surface area contributed by atoms with Gasteiger partial charge in [0.2, 0.25) is 0 Å². The van der Waals surface area contributed by atoms with Crippen LogP contribution in [0.5, 0.6) is 0 Å². The lowest BCUT2D eigenvalue weighted by Crippen LogP contribution is -2.36. The van der Waals surface area contributed by atoms with Gasteiger partial charge in [0, 0.05) is 12.3 Å². The fourth-order valence-electron chi connectivity index (χ4n) is 1.85. The van der Waals surface area contributed by atoms with Crippen molar-refractivity contribution in [1.82, 2.24) is 9.55 Å². The topological polar surface area (TPSA) is 117 Å². The Bertz CT molecular complexity index is 725. The number of nitrogens with zero attached hydrogens (tertiary/aromatic N) is 1. The largest absolute Gasteiger partial charge is 0.540 e. The third-order valence-electron chi connectivity index (χ3n) is 3.06. The second-order valence-corrected chi connectivity index (χ2v) is 6.32. The average Bonchev–Trinajstić information content (AvgIpc) is 2.56. The minimum absolute atomic E-state index is 0.0771. The highest BCUT2D eigenvalue weighted by Crippen LogP contribution is 2.23. The molecule has 138 valence electrons. The molecule has 0 aliphatic rings. The molecule has 1 N–H and O–H groups in total. The van der Waals surface area contributed by atoms with Gasteiger partial charge in [0.1, 0.15) is 6.61 Å². The molecule has 0 amide bonds. The third kappa shape index (κ3) is 7.66. The Kier molecular flexibility index (Phi) is 9.15. The Labute approximate surface area is 145 Å².